The maximum Gasteiger partial charge on any atom is 0.285 e. The lowest BCUT2D eigenvalue weighted by Crippen LogP contribution is -2.30. The number of nitrogens with zero attached hydrogens (tertiary/aromatic N) is 3. The Hall–Kier alpha value is -2.45. The first-order chi connectivity index (χ1) is 11.0. The summed E-state index contributed by atoms with van der Waals surface area (Å²) in [6.07, 6.45) is 0.388. The molecule has 0 saturated heterocycles. The van der Waals surface area contributed by atoms with Gasteiger partial charge in [-0.05, 0) is 30.9 Å². The molecule has 0 fully saturated rings. The molecule has 0 radical (unpaired) electrons. The summed E-state index contributed by atoms with van der Waals surface area (Å²) >= 11 is 0. The fourth-order valence-electron chi connectivity index (χ4n) is 2.62. The molecule has 0 aliphatic rings. The van der Waals surface area contributed by atoms with E-state index in [0.717, 1.165) is 16.8 Å². The van der Waals surface area contributed by atoms with E-state index < -0.39 is 11.7 Å². The van der Waals surface area contributed by atoms with Crippen LogP contribution in [0.25, 0.3) is 0 Å². The summed E-state index contributed by atoms with van der Waals surface area (Å²) in [6, 6.07) is 9.48. The second-order valence-electron chi connectivity index (χ2n) is 5.53. The molecule has 1 aromatic carbocycles. The molecule has 2 aromatic rings. The van der Waals surface area contributed by atoms with E-state index in [0.29, 0.717) is 18.4 Å². The molecular weight excluding hydrogens is 290 g/mol. The first-order valence-corrected chi connectivity index (χ1v) is 7.79. The number of aliphatic hydroxyl groups excluding tert-OH is 1. The molecule has 1 atom stereocenters. The van der Waals surface area contributed by atoms with Gasteiger partial charge in [-0.2, -0.15) is 10.4 Å². The zero-order valence-corrected chi connectivity index (χ0v) is 13.7. The Morgan fingerprint density at radius 1 is 1.26 bits per heavy atom. The number of hydrogen-bond acceptors (Lipinski definition) is 4. The van der Waals surface area contributed by atoms with Crippen LogP contribution in [0.2, 0.25) is 0 Å². The Bertz CT molecular complexity index is 786. The summed E-state index contributed by atoms with van der Waals surface area (Å²) in [4.78, 5) is 12.4. The van der Waals surface area contributed by atoms with E-state index in [1.165, 1.54) is 4.68 Å². The lowest BCUT2D eigenvalue weighted by molar-refractivity contribution is 0.149. The van der Waals surface area contributed by atoms with E-state index >= 15 is 0 Å². The second-order valence-corrected chi connectivity index (χ2v) is 5.53. The highest BCUT2D eigenvalue weighted by molar-refractivity contribution is 5.38. The first kappa shape index (κ1) is 16.9. The molecule has 0 amide bonds. The molecule has 1 heterocycles. The number of aliphatic hydroxyl groups is 1. The average Bonchev–Trinajstić information content (AvgIpc) is 2.56. The molecule has 0 spiro atoms. The fraction of sp³-hybridized carbons (Fsp3) is 0.389. The maximum atomic E-state index is 12.4. The minimum absolute atomic E-state index is 0.0353. The molecular formula is C18H21N3O2. The van der Waals surface area contributed by atoms with Crippen molar-refractivity contribution in [3.05, 3.63) is 62.6 Å². The van der Waals surface area contributed by atoms with Crippen LogP contribution in [0.1, 0.15) is 47.9 Å². The van der Waals surface area contributed by atoms with Gasteiger partial charge in [0.25, 0.3) is 5.56 Å². The summed E-state index contributed by atoms with van der Waals surface area (Å²) in [7, 11) is 0. The fourth-order valence-corrected chi connectivity index (χ4v) is 2.62. The standard InChI is InChI=1S/C18H21N3O2/c1-4-14-15(10-19)18(23)21(20-16(14)5-2)11-17(22)13-8-6-12(3)7-9-13/h6-9,17,22H,4-5,11H2,1-3H3. The van der Waals surface area contributed by atoms with E-state index in [1.807, 2.05) is 51.1 Å². The zero-order valence-electron chi connectivity index (χ0n) is 13.7. The van der Waals surface area contributed by atoms with Gasteiger partial charge in [-0.15, -0.1) is 0 Å². The Kier molecular flexibility index (Phi) is 5.30. The zero-order chi connectivity index (χ0) is 17.0. The van der Waals surface area contributed by atoms with E-state index in [9.17, 15) is 15.2 Å². The highest BCUT2D eigenvalue weighted by Gasteiger charge is 2.17. The average molecular weight is 311 g/mol. The minimum Gasteiger partial charge on any atom is -0.386 e. The summed E-state index contributed by atoms with van der Waals surface area (Å²) in [6.45, 7) is 5.85. The predicted molar refractivity (Wildman–Crippen MR) is 88.1 cm³/mol. The third-order valence-corrected chi connectivity index (χ3v) is 3.95. The Morgan fingerprint density at radius 2 is 1.91 bits per heavy atom. The minimum atomic E-state index is -0.843. The van der Waals surface area contributed by atoms with Gasteiger partial charge in [0.2, 0.25) is 0 Å². The second kappa shape index (κ2) is 7.21. The van der Waals surface area contributed by atoms with Crippen LogP contribution < -0.4 is 5.56 Å². The highest BCUT2D eigenvalue weighted by atomic mass is 16.3. The van der Waals surface area contributed by atoms with Crippen molar-refractivity contribution in [3.63, 3.8) is 0 Å². The lowest BCUT2D eigenvalue weighted by atomic mass is 10.0. The van der Waals surface area contributed by atoms with Gasteiger partial charge >= 0.3 is 0 Å². The van der Waals surface area contributed by atoms with Gasteiger partial charge in [-0.3, -0.25) is 4.79 Å². The van der Waals surface area contributed by atoms with Gasteiger partial charge in [-0.25, -0.2) is 4.68 Å². The van der Waals surface area contributed by atoms with Crippen molar-refractivity contribution >= 4 is 0 Å². The molecule has 2 rings (SSSR count). The van der Waals surface area contributed by atoms with Crippen molar-refractivity contribution in [2.75, 3.05) is 0 Å². The number of nitriles is 1. The lowest BCUT2D eigenvalue weighted by Gasteiger charge is -2.15. The monoisotopic (exact) mass is 311 g/mol. The van der Waals surface area contributed by atoms with Gasteiger partial charge < -0.3 is 5.11 Å². The molecule has 1 aromatic heterocycles. The van der Waals surface area contributed by atoms with Crippen molar-refractivity contribution in [3.8, 4) is 6.07 Å². The highest BCUT2D eigenvalue weighted by Crippen LogP contribution is 2.16. The summed E-state index contributed by atoms with van der Waals surface area (Å²) in [5.74, 6) is 0. The maximum absolute atomic E-state index is 12.4. The predicted octanol–water partition coefficient (Wildman–Crippen LogP) is 2.28. The third-order valence-electron chi connectivity index (χ3n) is 3.95. The quantitative estimate of drug-likeness (QED) is 0.919. The molecule has 120 valence electrons. The van der Waals surface area contributed by atoms with Gasteiger partial charge in [0.05, 0.1) is 18.3 Å². The number of hydrogen-bond donors (Lipinski definition) is 1. The summed E-state index contributed by atoms with van der Waals surface area (Å²) in [5.41, 5.74) is 2.97. The molecule has 5 nitrogen and oxygen atoms in total. The van der Waals surface area contributed by atoms with Crippen LogP contribution >= 0.6 is 0 Å². The van der Waals surface area contributed by atoms with Gasteiger partial charge in [-0.1, -0.05) is 43.7 Å². The number of aromatic nitrogens is 2. The Balaban J connectivity index is 2.42. The summed E-state index contributed by atoms with van der Waals surface area (Å²) in [5, 5.41) is 24.0. The van der Waals surface area contributed by atoms with Crippen molar-refractivity contribution in [2.24, 2.45) is 0 Å². The van der Waals surface area contributed by atoms with Crippen LogP contribution in [-0.2, 0) is 19.4 Å². The van der Waals surface area contributed by atoms with E-state index in [2.05, 4.69) is 5.10 Å². The molecule has 23 heavy (non-hydrogen) atoms. The summed E-state index contributed by atoms with van der Waals surface area (Å²) < 4.78 is 1.21. The Morgan fingerprint density at radius 3 is 2.43 bits per heavy atom. The number of aryl methyl sites for hydroxylation is 2. The van der Waals surface area contributed by atoms with Gasteiger partial charge in [0.1, 0.15) is 11.6 Å². The normalized spacial score (nSPS) is 12.0. The van der Waals surface area contributed by atoms with Crippen molar-refractivity contribution in [2.45, 2.75) is 46.3 Å². The van der Waals surface area contributed by atoms with E-state index in [1.54, 1.807) is 0 Å². The van der Waals surface area contributed by atoms with Crippen LogP contribution in [0.4, 0.5) is 0 Å². The molecule has 1 N–H and O–H groups in total. The molecule has 5 heteroatoms. The van der Waals surface area contributed by atoms with Crippen LogP contribution in [0.5, 0.6) is 0 Å². The topological polar surface area (TPSA) is 78.9 Å². The van der Waals surface area contributed by atoms with Crippen LogP contribution in [0.15, 0.2) is 29.1 Å². The van der Waals surface area contributed by atoms with Gasteiger partial charge in [0, 0.05) is 0 Å². The van der Waals surface area contributed by atoms with Crippen molar-refractivity contribution in [1.82, 2.24) is 9.78 Å². The molecule has 0 saturated carbocycles. The Labute approximate surface area is 135 Å². The third kappa shape index (κ3) is 3.49. The van der Waals surface area contributed by atoms with Crippen molar-refractivity contribution in [1.29, 1.82) is 5.26 Å². The van der Waals surface area contributed by atoms with Gasteiger partial charge in [0.15, 0.2) is 0 Å². The van der Waals surface area contributed by atoms with Crippen molar-refractivity contribution < 1.29 is 5.11 Å². The van der Waals surface area contributed by atoms with Crippen LogP contribution in [0.3, 0.4) is 0 Å². The van der Waals surface area contributed by atoms with Crippen LogP contribution in [0, 0.1) is 18.3 Å². The largest absolute Gasteiger partial charge is 0.386 e. The molecule has 0 aliphatic heterocycles. The van der Waals surface area contributed by atoms with E-state index in [-0.39, 0.29) is 12.1 Å². The smallest absolute Gasteiger partial charge is 0.285 e. The SMILES string of the molecule is CCc1nn(CC(O)c2ccc(C)cc2)c(=O)c(C#N)c1CC. The van der Waals surface area contributed by atoms with E-state index in [4.69, 9.17) is 0 Å². The number of rotatable bonds is 5. The molecule has 1 unspecified atom stereocenters. The molecule has 0 bridgehead atoms. The first-order valence-electron chi connectivity index (χ1n) is 7.79. The number of benzene rings is 1. The molecule has 0 aliphatic carbocycles. The van der Waals surface area contributed by atoms with Crippen LogP contribution in [-0.4, -0.2) is 14.9 Å².